The number of nitrogens with one attached hydrogen (secondary N) is 4. The summed E-state index contributed by atoms with van der Waals surface area (Å²) in [5.74, 6) is -0.313. The minimum atomic E-state index is -0.618. The van der Waals surface area contributed by atoms with Crippen molar-refractivity contribution in [3.63, 3.8) is 0 Å². The van der Waals surface area contributed by atoms with Gasteiger partial charge in [0.25, 0.3) is 0 Å². The van der Waals surface area contributed by atoms with Crippen LogP contribution in [0.2, 0.25) is 0 Å². The standard InChI is InChI=1S/C29H42N6O4/c1-19(30-2)26(37)33-23-11-6-9-21-17-29(21)14-13-24(35(29)28(23)39)27(38)31-18-20-8-5-10-22(16-20)32-25(36)12-7-15-34(3)4/h5,7-8,10,12,16,19,21,23-24,30H,6,9,11,13-15,17-18H2,1-4H3,(H,31,38)(H,32,36)(H,33,37)/b12-7+/t19-,21?,23-,24-,29?/m0/s1. The molecule has 0 bridgehead atoms. The molecule has 1 saturated carbocycles. The quantitative estimate of drug-likeness (QED) is 0.334. The summed E-state index contributed by atoms with van der Waals surface area (Å²) in [5, 5.41) is 11.7. The summed E-state index contributed by atoms with van der Waals surface area (Å²) in [5.41, 5.74) is 1.25. The molecule has 39 heavy (non-hydrogen) atoms. The normalized spacial score (nSPS) is 26.8. The zero-order chi connectivity index (χ0) is 28.2. The van der Waals surface area contributed by atoms with Crippen LogP contribution in [0.3, 0.4) is 0 Å². The average molecular weight is 539 g/mol. The number of carbonyl (C=O) groups is 4. The summed E-state index contributed by atoms with van der Waals surface area (Å²) in [6, 6.07) is 5.79. The molecular formula is C29H42N6O4. The molecule has 1 aromatic carbocycles. The number of nitrogens with zero attached hydrogens (tertiary/aromatic N) is 2. The summed E-state index contributed by atoms with van der Waals surface area (Å²) in [4.78, 5) is 55.7. The lowest BCUT2D eigenvalue weighted by Gasteiger charge is -2.36. The van der Waals surface area contributed by atoms with Gasteiger partial charge in [-0.25, -0.2) is 0 Å². The number of hydrogen-bond donors (Lipinski definition) is 4. The van der Waals surface area contributed by atoms with Crippen molar-refractivity contribution in [1.29, 1.82) is 0 Å². The molecular weight excluding hydrogens is 496 g/mol. The van der Waals surface area contributed by atoms with Gasteiger partial charge >= 0.3 is 0 Å². The molecule has 4 rings (SSSR count). The lowest BCUT2D eigenvalue weighted by molar-refractivity contribution is -0.145. The van der Waals surface area contributed by atoms with E-state index in [-0.39, 0.29) is 35.7 Å². The van der Waals surface area contributed by atoms with Crippen molar-refractivity contribution in [2.24, 2.45) is 5.92 Å². The van der Waals surface area contributed by atoms with E-state index < -0.39 is 18.1 Å². The highest BCUT2D eigenvalue weighted by molar-refractivity contribution is 5.99. The maximum atomic E-state index is 13.8. The molecule has 1 aliphatic carbocycles. The molecule has 10 nitrogen and oxygen atoms in total. The molecule has 5 atom stereocenters. The Kier molecular flexibility index (Phi) is 9.07. The van der Waals surface area contributed by atoms with Crippen molar-refractivity contribution in [3.05, 3.63) is 42.0 Å². The summed E-state index contributed by atoms with van der Waals surface area (Å²) >= 11 is 0. The van der Waals surface area contributed by atoms with Crippen molar-refractivity contribution < 1.29 is 19.2 Å². The SMILES string of the molecule is CN[C@@H](C)C(=O)N[C@H]1CCCC2CC23CC[C@@H](C(=O)NCc2cccc(NC(=O)/C=C/CN(C)C)c2)N3C1=O. The summed E-state index contributed by atoms with van der Waals surface area (Å²) in [7, 11) is 5.57. The molecule has 4 N–H and O–H groups in total. The lowest BCUT2D eigenvalue weighted by Crippen LogP contribution is -2.58. The van der Waals surface area contributed by atoms with E-state index in [9.17, 15) is 19.2 Å². The molecule has 0 aromatic heterocycles. The Morgan fingerprint density at radius 1 is 1.21 bits per heavy atom. The van der Waals surface area contributed by atoms with Crippen molar-refractivity contribution in [2.45, 2.75) is 75.7 Å². The zero-order valence-electron chi connectivity index (χ0n) is 23.5. The lowest BCUT2D eigenvalue weighted by atomic mass is 9.98. The number of likely N-dealkylation sites (N-methyl/N-ethyl adjacent to an activating group) is 2. The Balaban J connectivity index is 1.39. The van der Waals surface area contributed by atoms with Gasteiger partial charge in [-0.05, 0) is 83.8 Å². The third kappa shape index (κ3) is 6.67. The molecule has 212 valence electrons. The van der Waals surface area contributed by atoms with Crippen molar-refractivity contribution in [1.82, 2.24) is 25.8 Å². The van der Waals surface area contributed by atoms with Gasteiger partial charge in [0.1, 0.15) is 12.1 Å². The van der Waals surface area contributed by atoms with E-state index in [1.165, 1.54) is 6.08 Å². The van der Waals surface area contributed by atoms with Crippen LogP contribution in [0.25, 0.3) is 0 Å². The second kappa shape index (κ2) is 12.3. The van der Waals surface area contributed by atoms with Gasteiger partial charge in [-0.15, -0.1) is 0 Å². The second-order valence-corrected chi connectivity index (χ2v) is 11.3. The molecule has 2 saturated heterocycles. The van der Waals surface area contributed by atoms with Gasteiger partial charge in [0.15, 0.2) is 0 Å². The van der Waals surface area contributed by atoms with Gasteiger partial charge < -0.3 is 31.1 Å². The maximum Gasteiger partial charge on any atom is 0.248 e. The molecule has 10 heteroatoms. The number of benzene rings is 1. The third-order valence-corrected chi connectivity index (χ3v) is 8.27. The molecule has 1 aromatic rings. The number of hydrogen-bond acceptors (Lipinski definition) is 6. The monoisotopic (exact) mass is 538 g/mol. The molecule has 2 unspecified atom stereocenters. The average Bonchev–Trinajstić information content (AvgIpc) is 3.44. The van der Waals surface area contributed by atoms with Gasteiger partial charge in [-0.1, -0.05) is 24.6 Å². The second-order valence-electron chi connectivity index (χ2n) is 11.3. The topological polar surface area (TPSA) is 123 Å². The van der Waals surface area contributed by atoms with Gasteiger partial charge in [0.2, 0.25) is 23.6 Å². The highest BCUT2D eigenvalue weighted by Gasteiger charge is 2.65. The van der Waals surface area contributed by atoms with E-state index in [1.807, 2.05) is 42.1 Å². The van der Waals surface area contributed by atoms with Crippen LogP contribution < -0.4 is 21.3 Å². The maximum absolute atomic E-state index is 13.8. The van der Waals surface area contributed by atoms with Crippen LogP contribution in [0.5, 0.6) is 0 Å². The highest BCUT2D eigenvalue weighted by atomic mass is 16.2. The minimum absolute atomic E-state index is 0.140. The molecule has 2 heterocycles. The zero-order valence-corrected chi connectivity index (χ0v) is 23.5. The first-order valence-corrected chi connectivity index (χ1v) is 13.9. The first kappa shape index (κ1) is 28.8. The van der Waals surface area contributed by atoms with Crippen LogP contribution in [-0.4, -0.2) is 84.8 Å². The van der Waals surface area contributed by atoms with E-state index in [4.69, 9.17) is 0 Å². The first-order chi connectivity index (χ1) is 18.6. The predicted molar refractivity (Wildman–Crippen MR) is 150 cm³/mol. The van der Waals surface area contributed by atoms with Crippen LogP contribution in [0.15, 0.2) is 36.4 Å². The van der Waals surface area contributed by atoms with Crippen LogP contribution in [-0.2, 0) is 25.7 Å². The first-order valence-electron chi connectivity index (χ1n) is 13.9. The Bertz CT molecular complexity index is 1120. The van der Waals surface area contributed by atoms with E-state index >= 15 is 0 Å². The Morgan fingerprint density at radius 3 is 2.74 bits per heavy atom. The van der Waals surface area contributed by atoms with Gasteiger partial charge in [-0.2, -0.15) is 0 Å². The largest absolute Gasteiger partial charge is 0.350 e. The summed E-state index contributed by atoms with van der Waals surface area (Å²) in [6.45, 7) is 2.72. The molecule has 3 fully saturated rings. The molecule has 0 radical (unpaired) electrons. The van der Waals surface area contributed by atoms with E-state index in [2.05, 4.69) is 21.3 Å². The number of anilines is 1. The predicted octanol–water partition coefficient (Wildman–Crippen LogP) is 1.39. The summed E-state index contributed by atoms with van der Waals surface area (Å²) < 4.78 is 0. The fourth-order valence-electron chi connectivity index (χ4n) is 5.95. The smallest absolute Gasteiger partial charge is 0.248 e. The van der Waals surface area contributed by atoms with Crippen LogP contribution in [0.4, 0.5) is 5.69 Å². The molecule has 3 aliphatic rings. The fraction of sp³-hybridized carbons (Fsp3) is 0.586. The molecule has 4 amide bonds. The number of carbonyl (C=O) groups excluding carboxylic acids is 4. The van der Waals surface area contributed by atoms with Crippen molar-refractivity contribution in [3.8, 4) is 0 Å². The Morgan fingerprint density at radius 2 is 2.00 bits per heavy atom. The van der Waals surface area contributed by atoms with E-state index in [0.29, 0.717) is 31.0 Å². The fourth-order valence-corrected chi connectivity index (χ4v) is 5.95. The van der Waals surface area contributed by atoms with Gasteiger partial charge in [0.05, 0.1) is 6.04 Å². The molecule has 2 aliphatic heterocycles. The summed E-state index contributed by atoms with van der Waals surface area (Å²) in [6.07, 6.45) is 8.15. The Hall–Kier alpha value is -3.24. The van der Waals surface area contributed by atoms with Crippen LogP contribution in [0, 0.1) is 5.92 Å². The van der Waals surface area contributed by atoms with Gasteiger partial charge in [0, 0.05) is 30.4 Å². The van der Waals surface area contributed by atoms with Crippen molar-refractivity contribution in [2.75, 3.05) is 33.0 Å². The highest BCUT2D eigenvalue weighted by Crippen LogP contribution is 2.59. The number of rotatable bonds is 10. The van der Waals surface area contributed by atoms with Crippen molar-refractivity contribution >= 4 is 29.3 Å². The van der Waals surface area contributed by atoms with Crippen LogP contribution in [0.1, 0.15) is 51.0 Å². The Labute approximate surface area is 230 Å². The van der Waals surface area contributed by atoms with Gasteiger partial charge in [-0.3, -0.25) is 19.2 Å². The van der Waals surface area contributed by atoms with Crippen LogP contribution >= 0.6 is 0 Å². The minimum Gasteiger partial charge on any atom is -0.350 e. The number of amides is 4. The third-order valence-electron chi connectivity index (χ3n) is 8.27. The van der Waals surface area contributed by atoms with E-state index in [0.717, 1.165) is 31.2 Å². The van der Waals surface area contributed by atoms with E-state index in [1.54, 1.807) is 26.1 Å². The molecule has 1 spiro atoms.